The van der Waals surface area contributed by atoms with E-state index in [1.54, 1.807) is 0 Å². The number of unbranched alkanes of at least 4 members (excludes halogenated alkanes) is 2. The number of allylic oxidation sites excluding steroid dienone is 2. The second-order valence-electron chi connectivity index (χ2n) is 15.5. The summed E-state index contributed by atoms with van der Waals surface area (Å²) in [5, 5.41) is 55.2. The third-order valence-corrected chi connectivity index (χ3v) is 10.5. The molecule has 1 fully saturated rings. The van der Waals surface area contributed by atoms with Gasteiger partial charge in [0.05, 0.1) is 17.2 Å². The normalized spacial score (nSPS) is 24.5. The van der Waals surface area contributed by atoms with Crippen LogP contribution in [0.4, 0.5) is 5.69 Å². The average Bonchev–Trinajstić information content (AvgIpc) is 3.48. The smallest absolute Gasteiger partial charge is 0.332 e. The standard InChI is InChI=1S/C27H38N2O9.C16H12O6/c1-6-7-8-10-19-24(38-21(31)13-15(2)3)17(5)37-27(35)22(16(4)36-26(19)34)29-25(33)18-11-9-12-20(23(18)32)28-14-30;17-10-2-1-8-13-9-4-12(19)11(18)3-7(9)5-16(13,21)6-22-15(8)14(10)20/h9,11-12,14-17,19,22,24,32H,6-8,10,13H2,1-5H3,(H,28,30)(H,29,33);1-4,18-21H,5-6H2. The Morgan fingerprint density at radius 2 is 1.68 bits per heavy atom. The number of ketones is 1. The molecule has 0 spiro atoms. The summed E-state index contributed by atoms with van der Waals surface area (Å²) >= 11 is 0. The fourth-order valence-corrected chi connectivity index (χ4v) is 7.48. The Balaban J connectivity index is 0.000000259. The van der Waals surface area contributed by atoms with Gasteiger partial charge in [0, 0.05) is 24.0 Å². The minimum absolute atomic E-state index is 0.00114. The highest BCUT2D eigenvalue weighted by Gasteiger charge is 2.48. The van der Waals surface area contributed by atoms with Crippen molar-refractivity contribution in [1.29, 1.82) is 0 Å². The van der Waals surface area contributed by atoms with E-state index in [1.807, 2.05) is 20.8 Å². The molecule has 6 unspecified atom stereocenters. The fraction of sp³-hybridized carbons (Fsp3) is 0.442. The van der Waals surface area contributed by atoms with Crippen LogP contribution in [0.1, 0.15) is 88.2 Å². The number of esters is 3. The average molecular weight is 835 g/mol. The molecule has 6 atom stereocenters. The summed E-state index contributed by atoms with van der Waals surface area (Å²) < 4.78 is 22.3. The Morgan fingerprint density at radius 1 is 0.983 bits per heavy atom. The Labute approximate surface area is 345 Å². The molecule has 0 saturated carbocycles. The van der Waals surface area contributed by atoms with E-state index in [0.29, 0.717) is 41.5 Å². The summed E-state index contributed by atoms with van der Waals surface area (Å²) in [5.74, 6) is -5.86. The number of anilines is 1. The number of carbonyl (C=O) groups is 6. The molecule has 0 aromatic heterocycles. The third-order valence-electron chi connectivity index (χ3n) is 10.5. The lowest BCUT2D eigenvalue weighted by Gasteiger charge is -2.33. The molecular formula is C43H50N2O15. The number of carbonyl (C=O) groups excluding carboxylic acids is 6. The minimum Gasteiger partial charge on any atom is -0.505 e. The minimum atomic E-state index is -1.42. The number of cyclic esters (lactones) is 2. The van der Waals surface area contributed by atoms with Crippen LogP contribution < -0.4 is 10.6 Å². The van der Waals surface area contributed by atoms with Crippen LogP contribution in [0.15, 0.2) is 59.6 Å². The molecule has 2 aliphatic heterocycles. The van der Waals surface area contributed by atoms with Crippen LogP contribution in [0.5, 0.6) is 17.2 Å². The highest BCUT2D eigenvalue weighted by molar-refractivity contribution is 6.06. The first-order chi connectivity index (χ1) is 28.4. The van der Waals surface area contributed by atoms with E-state index < -0.39 is 77.0 Å². The van der Waals surface area contributed by atoms with Crippen molar-refractivity contribution in [3.05, 3.63) is 76.3 Å². The summed E-state index contributed by atoms with van der Waals surface area (Å²) in [6.45, 7) is 8.58. The molecule has 7 N–H and O–H groups in total. The topological polar surface area (TPSA) is 265 Å². The van der Waals surface area contributed by atoms with Crippen LogP contribution >= 0.6 is 0 Å². The van der Waals surface area contributed by atoms with Gasteiger partial charge in [-0.2, -0.15) is 0 Å². The molecule has 17 heteroatoms. The zero-order chi connectivity index (χ0) is 44.1. The van der Waals surface area contributed by atoms with E-state index in [0.717, 1.165) is 12.8 Å². The number of nitrogens with one attached hydrogen (secondary N) is 2. The summed E-state index contributed by atoms with van der Waals surface area (Å²) in [7, 11) is 0. The van der Waals surface area contributed by atoms with Gasteiger partial charge in [-0.05, 0) is 73.7 Å². The zero-order valence-electron chi connectivity index (χ0n) is 33.9. The number of amides is 2. The predicted molar refractivity (Wildman–Crippen MR) is 212 cm³/mol. The molecule has 17 nitrogen and oxygen atoms in total. The molecule has 60 heavy (non-hydrogen) atoms. The molecule has 2 aromatic rings. The van der Waals surface area contributed by atoms with Gasteiger partial charge in [0.1, 0.15) is 24.4 Å². The van der Waals surface area contributed by atoms with Gasteiger partial charge in [0.25, 0.3) is 5.91 Å². The third kappa shape index (κ3) is 9.57. The number of aliphatic hydroxyl groups excluding tert-OH is 1. The summed E-state index contributed by atoms with van der Waals surface area (Å²) in [5.41, 5.74) is 0.582. The number of hydrogen-bond donors (Lipinski definition) is 7. The molecule has 4 aliphatic rings. The number of aliphatic hydroxyl groups is 2. The number of fused-ring (bicyclic) bond motifs is 4. The number of aromatic hydroxyl groups is 3. The first kappa shape index (κ1) is 44.7. The van der Waals surface area contributed by atoms with Crippen molar-refractivity contribution in [2.45, 2.75) is 103 Å². The van der Waals surface area contributed by atoms with Crippen LogP contribution in [-0.4, -0.2) is 98.1 Å². The van der Waals surface area contributed by atoms with Gasteiger partial charge in [-0.3, -0.25) is 24.0 Å². The van der Waals surface area contributed by atoms with Crippen LogP contribution in [0.3, 0.4) is 0 Å². The number of rotatable bonds is 11. The monoisotopic (exact) mass is 834 g/mol. The maximum Gasteiger partial charge on any atom is 0.332 e. The van der Waals surface area contributed by atoms with E-state index in [-0.39, 0.29) is 53.9 Å². The van der Waals surface area contributed by atoms with Crippen molar-refractivity contribution < 1.29 is 73.2 Å². The first-order valence-corrected chi connectivity index (χ1v) is 19.6. The van der Waals surface area contributed by atoms with E-state index in [1.165, 1.54) is 56.3 Å². The van der Waals surface area contributed by atoms with Crippen LogP contribution in [-0.2, 0) is 49.3 Å². The van der Waals surface area contributed by atoms with E-state index in [9.17, 15) is 54.3 Å². The number of hydrogen-bond acceptors (Lipinski definition) is 15. The Morgan fingerprint density at radius 3 is 2.37 bits per heavy atom. The molecule has 2 aliphatic carbocycles. The summed E-state index contributed by atoms with van der Waals surface area (Å²) in [6, 6.07) is 5.47. The number of phenols is 3. The van der Waals surface area contributed by atoms with Crippen molar-refractivity contribution in [2.24, 2.45) is 11.8 Å². The van der Waals surface area contributed by atoms with Gasteiger partial charge in [0.15, 0.2) is 35.2 Å². The van der Waals surface area contributed by atoms with Crippen molar-refractivity contribution in [2.75, 3.05) is 11.9 Å². The fourth-order valence-electron chi connectivity index (χ4n) is 7.48. The molecule has 322 valence electrons. The van der Waals surface area contributed by atoms with Crippen LogP contribution in [0.25, 0.3) is 5.57 Å². The van der Waals surface area contributed by atoms with Crippen LogP contribution in [0.2, 0.25) is 0 Å². The number of para-hydroxylation sites is 1. The SMILES string of the molecule is CCCCCC1C(=O)OC(C)C(NC(=O)c2cccc(NC=O)c2O)C(=O)OC(C)C1OC(=O)CC(C)C.O=C1C=CC2=C3c4cc(O)c(O)cc4CC3(O)COC2=C1O. The van der Waals surface area contributed by atoms with E-state index in [4.69, 9.17) is 18.9 Å². The van der Waals surface area contributed by atoms with Gasteiger partial charge >= 0.3 is 17.9 Å². The maximum atomic E-state index is 13.3. The van der Waals surface area contributed by atoms with Gasteiger partial charge in [-0.1, -0.05) is 46.1 Å². The van der Waals surface area contributed by atoms with Gasteiger partial charge in [0.2, 0.25) is 18.0 Å². The molecule has 6 rings (SSSR count). The molecule has 2 aromatic carbocycles. The van der Waals surface area contributed by atoms with Crippen LogP contribution in [0, 0.1) is 11.8 Å². The first-order valence-electron chi connectivity index (χ1n) is 19.6. The number of benzene rings is 2. The van der Waals surface area contributed by atoms with Crippen molar-refractivity contribution in [3.8, 4) is 17.2 Å². The Kier molecular flexibility index (Phi) is 13.9. The summed E-state index contributed by atoms with van der Waals surface area (Å²) in [4.78, 5) is 74.2. The summed E-state index contributed by atoms with van der Waals surface area (Å²) in [6.07, 6.45) is 2.96. The van der Waals surface area contributed by atoms with Gasteiger partial charge in [-0.15, -0.1) is 0 Å². The Hall–Kier alpha value is -6.36. The molecule has 2 heterocycles. The quantitative estimate of drug-likeness (QED) is 0.0551. The van der Waals surface area contributed by atoms with Gasteiger partial charge in [-0.25, -0.2) is 4.79 Å². The van der Waals surface area contributed by atoms with Gasteiger partial charge < -0.3 is 55.1 Å². The number of phenolic OH excluding ortho intramolecular Hbond substituents is 3. The number of ether oxygens (including phenoxy) is 4. The molecule has 0 bridgehead atoms. The predicted octanol–water partition coefficient (Wildman–Crippen LogP) is 4.17. The van der Waals surface area contributed by atoms with Crippen molar-refractivity contribution in [1.82, 2.24) is 5.32 Å². The lowest BCUT2D eigenvalue weighted by molar-refractivity contribution is -0.175. The molecular weight excluding hydrogens is 784 g/mol. The lowest BCUT2D eigenvalue weighted by Crippen LogP contribution is -2.50. The van der Waals surface area contributed by atoms with Crippen molar-refractivity contribution in [3.63, 3.8) is 0 Å². The van der Waals surface area contributed by atoms with Crippen molar-refractivity contribution >= 4 is 47.3 Å². The highest BCUT2D eigenvalue weighted by Crippen LogP contribution is 2.50. The second kappa shape index (κ2) is 18.7. The molecule has 2 amide bonds. The highest BCUT2D eigenvalue weighted by atomic mass is 16.6. The maximum absolute atomic E-state index is 13.3. The largest absolute Gasteiger partial charge is 0.505 e. The molecule has 1 saturated heterocycles. The van der Waals surface area contributed by atoms with E-state index >= 15 is 0 Å². The zero-order valence-corrected chi connectivity index (χ0v) is 33.9. The molecule has 0 radical (unpaired) electrons. The van der Waals surface area contributed by atoms with E-state index in [2.05, 4.69) is 10.6 Å². The Bertz CT molecular complexity index is 2140. The lowest BCUT2D eigenvalue weighted by atomic mass is 9.85. The second-order valence-corrected chi connectivity index (χ2v) is 15.5.